The van der Waals surface area contributed by atoms with Crippen LogP contribution in [0, 0.1) is 0 Å². The number of nitrogens with one attached hydrogen (secondary N) is 1. The van der Waals surface area contributed by atoms with Crippen LogP contribution in [0.5, 0.6) is 5.75 Å². The van der Waals surface area contributed by atoms with Gasteiger partial charge in [-0.05, 0) is 24.3 Å². The normalized spacial score (nSPS) is 10.0. The fraction of sp³-hybridized carbons (Fsp3) is 0.0769. The molecule has 1 amide bonds. The van der Waals surface area contributed by atoms with Gasteiger partial charge in [-0.3, -0.25) is 9.78 Å². The summed E-state index contributed by atoms with van der Waals surface area (Å²) in [5.74, 6) is 0.0845. The maximum Gasteiger partial charge on any atom is 0.262 e. The highest BCUT2D eigenvalue weighted by molar-refractivity contribution is 6.34. The lowest BCUT2D eigenvalue weighted by atomic mass is 10.3. The summed E-state index contributed by atoms with van der Waals surface area (Å²) in [6.07, 6.45) is 3.18. The van der Waals surface area contributed by atoms with E-state index in [0.29, 0.717) is 21.5 Å². The number of aromatic nitrogens is 1. The van der Waals surface area contributed by atoms with E-state index in [2.05, 4.69) is 10.3 Å². The number of benzene rings is 1. The number of nitrogens with zero attached hydrogens (tertiary/aromatic N) is 1. The first kappa shape index (κ1) is 13.6. The third-order valence-corrected chi connectivity index (χ3v) is 2.76. The van der Waals surface area contributed by atoms with Crippen molar-refractivity contribution in [3.63, 3.8) is 0 Å². The summed E-state index contributed by atoms with van der Waals surface area (Å²) in [6.45, 7) is -0.150. The topological polar surface area (TPSA) is 51.2 Å². The molecule has 0 aliphatic rings. The van der Waals surface area contributed by atoms with Crippen LogP contribution in [0.2, 0.25) is 10.0 Å². The van der Waals surface area contributed by atoms with Crippen LogP contribution >= 0.6 is 23.2 Å². The second-order valence-corrected chi connectivity index (χ2v) is 4.49. The summed E-state index contributed by atoms with van der Waals surface area (Å²) in [5, 5.41) is 3.56. The number of anilines is 1. The zero-order chi connectivity index (χ0) is 13.7. The molecule has 0 bridgehead atoms. The second-order valence-electron chi connectivity index (χ2n) is 3.65. The molecule has 1 aromatic carbocycles. The van der Waals surface area contributed by atoms with E-state index in [1.54, 1.807) is 42.7 Å². The minimum atomic E-state index is -0.290. The lowest BCUT2D eigenvalue weighted by molar-refractivity contribution is -0.118. The second kappa shape index (κ2) is 6.41. The highest BCUT2D eigenvalue weighted by Crippen LogP contribution is 2.27. The number of amides is 1. The fourth-order valence-corrected chi connectivity index (χ4v) is 1.70. The zero-order valence-electron chi connectivity index (χ0n) is 9.77. The van der Waals surface area contributed by atoms with Gasteiger partial charge in [0.15, 0.2) is 6.61 Å². The summed E-state index contributed by atoms with van der Waals surface area (Å²) >= 11 is 11.7. The van der Waals surface area contributed by atoms with Crippen molar-refractivity contribution in [1.82, 2.24) is 4.98 Å². The number of halogens is 2. The molecule has 4 nitrogen and oxygen atoms in total. The molecule has 0 unspecified atom stereocenters. The highest BCUT2D eigenvalue weighted by atomic mass is 35.5. The quantitative estimate of drug-likeness (QED) is 0.941. The average molecular weight is 297 g/mol. The monoisotopic (exact) mass is 296 g/mol. The molecule has 0 aliphatic carbocycles. The highest BCUT2D eigenvalue weighted by Gasteiger charge is 2.07. The Hall–Kier alpha value is -1.78. The van der Waals surface area contributed by atoms with Crippen molar-refractivity contribution < 1.29 is 9.53 Å². The predicted octanol–water partition coefficient (Wildman–Crippen LogP) is 3.41. The van der Waals surface area contributed by atoms with Crippen LogP contribution in [-0.2, 0) is 4.79 Å². The molecular formula is C13H10Cl2N2O2. The van der Waals surface area contributed by atoms with Crippen molar-refractivity contribution in [2.75, 3.05) is 11.9 Å². The number of pyridine rings is 1. The lowest BCUT2D eigenvalue weighted by Gasteiger charge is -2.08. The summed E-state index contributed by atoms with van der Waals surface area (Å²) in [4.78, 5) is 15.5. The van der Waals surface area contributed by atoms with Crippen LogP contribution in [0.4, 0.5) is 5.69 Å². The van der Waals surface area contributed by atoms with Gasteiger partial charge in [0.05, 0.1) is 5.02 Å². The molecule has 6 heteroatoms. The average Bonchev–Trinajstić information content (AvgIpc) is 2.41. The van der Waals surface area contributed by atoms with Gasteiger partial charge in [-0.25, -0.2) is 0 Å². The smallest absolute Gasteiger partial charge is 0.262 e. The Morgan fingerprint density at radius 1 is 1.21 bits per heavy atom. The molecule has 2 aromatic rings. The van der Waals surface area contributed by atoms with Crippen molar-refractivity contribution in [2.24, 2.45) is 0 Å². The van der Waals surface area contributed by atoms with E-state index in [9.17, 15) is 4.79 Å². The van der Waals surface area contributed by atoms with Gasteiger partial charge in [0.25, 0.3) is 5.91 Å². The molecule has 0 fully saturated rings. The predicted molar refractivity (Wildman–Crippen MR) is 74.8 cm³/mol. The first-order chi connectivity index (χ1) is 9.15. The van der Waals surface area contributed by atoms with Gasteiger partial charge >= 0.3 is 0 Å². The number of carbonyl (C=O) groups excluding carboxylic acids is 1. The molecule has 19 heavy (non-hydrogen) atoms. The summed E-state index contributed by atoms with van der Waals surface area (Å²) < 4.78 is 5.31. The maximum absolute atomic E-state index is 11.6. The molecular weight excluding hydrogens is 287 g/mol. The van der Waals surface area contributed by atoms with Crippen molar-refractivity contribution in [3.05, 3.63) is 52.8 Å². The third kappa shape index (κ3) is 4.12. The fourth-order valence-electron chi connectivity index (χ4n) is 1.36. The minimum absolute atomic E-state index is 0.150. The number of carbonyl (C=O) groups is 1. The molecule has 1 heterocycles. The molecule has 0 radical (unpaired) electrons. The van der Waals surface area contributed by atoms with Gasteiger partial charge in [-0.2, -0.15) is 0 Å². The van der Waals surface area contributed by atoms with E-state index in [-0.39, 0.29) is 12.5 Å². The lowest BCUT2D eigenvalue weighted by Crippen LogP contribution is -2.20. The largest absolute Gasteiger partial charge is 0.482 e. The Bertz CT molecular complexity index is 576. The molecule has 0 spiro atoms. The minimum Gasteiger partial charge on any atom is -0.482 e. The van der Waals surface area contributed by atoms with Crippen LogP contribution in [0.15, 0.2) is 42.7 Å². The maximum atomic E-state index is 11.6. The number of hydrogen-bond donors (Lipinski definition) is 1. The summed E-state index contributed by atoms with van der Waals surface area (Å²) in [5.41, 5.74) is 0.654. The van der Waals surface area contributed by atoms with Crippen LogP contribution in [0.25, 0.3) is 0 Å². The van der Waals surface area contributed by atoms with E-state index < -0.39 is 0 Å². The van der Waals surface area contributed by atoms with Gasteiger partial charge < -0.3 is 10.1 Å². The molecule has 0 atom stereocenters. The van der Waals surface area contributed by atoms with E-state index in [1.807, 2.05) is 0 Å². The Labute approximate surface area is 120 Å². The van der Waals surface area contributed by atoms with Gasteiger partial charge in [-0.15, -0.1) is 0 Å². The zero-order valence-corrected chi connectivity index (χ0v) is 11.3. The number of rotatable bonds is 4. The summed E-state index contributed by atoms with van der Waals surface area (Å²) in [7, 11) is 0. The summed E-state index contributed by atoms with van der Waals surface area (Å²) in [6, 6.07) is 8.19. The van der Waals surface area contributed by atoms with Crippen molar-refractivity contribution in [3.8, 4) is 5.75 Å². The Kier molecular flexibility index (Phi) is 4.60. The van der Waals surface area contributed by atoms with Crippen molar-refractivity contribution in [1.29, 1.82) is 0 Å². The Morgan fingerprint density at radius 3 is 2.68 bits per heavy atom. The molecule has 1 aromatic heterocycles. The standard InChI is InChI=1S/C13H10Cl2N2O2/c14-9-1-2-11(15)12(7-9)19-8-13(18)17-10-3-5-16-6-4-10/h1-7H,8H2,(H,16,17,18). The van der Waals surface area contributed by atoms with E-state index in [0.717, 1.165) is 0 Å². The molecule has 1 N–H and O–H groups in total. The first-order valence-electron chi connectivity index (χ1n) is 5.43. The first-order valence-corrected chi connectivity index (χ1v) is 6.18. The Morgan fingerprint density at radius 2 is 1.95 bits per heavy atom. The van der Waals surface area contributed by atoms with Gasteiger partial charge in [0.2, 0.25) is 0 Å². The van der Waals surface area contributed by atoms with Crippen molar-refractivity contribution >= 4 is 34.8 Å². The van der Waals surface area contributed by atoms with Crippen LogP contribution < -0.4 is 10.1 Å². The SMILES string of the molecule is O=C(COc1cc(Cl)ccc1Cl)Nc1ccncc1. The van der Waals surface area contributed by atoms with E-state index in [4.69, 9.17) is 27.9 Å². The van der Waals surface area contributed by atoms with Crippen molar-refractivity contribution in [2.45, 2.75) is 0 Å². The molecule has 0 saturated heterocycles. The van der Waals surface area contributed by atoms with Gasteiger partial charge in [-0.1, -0.05) is 23.2 Å². The Balaban J connectivity index is 1.92. The van der Waals surface area contributed by atoms with E-state index >= 15 is 0 Å². The number of hydrogen-bond acceptors (Lipinski definition) is 3. The van der Waals surface area contributed by atoms with E-state index in [1.165, 1.54) is 0 Å². The van der Waals surface area contributed by atoms with Gasteiger partial charge in [0, 0.05) is 29.2 Å². The molecule has 98 valence electrons. The van der Waals surface area contributed by atoms with Crippen LogP contribution in [0.3, 0.4) is 0 Å². The molecule has 0 aliphatic heterocycles. The number of ether oxygens (including phenoxy) is 1. The van der Waals surface area contributed by atoms with Gasteiger partial charge in [0.1, 0.15) is 5.75 Å². The molecule has 0 saturated carbocycles. The van der Waals surface area contributed by atoms with Crippen LogP contribution in [0.1, 0.15) is 0 Å². The molecule has 2 rings (SSSR count). The van der Waals surface area contributed by atoms with Crippen LogP contribution in [-0.4, -0.2) is 17.5 Å². The third-order valence-electron chi connectivity index (χ3n) is 2.22.